The van der Waals surface area contributed by atoms with Gasteiger partial charge in [-0.2, -0.15) is 8.42 Å². The van der Waals surface area contributed by atoms with Crippen molar-refractivity contribution in [1.29, 1.82) is 0 Å². The molecule has 0 spiro atoms. The summed E-state index contributed by atoms with van der Waals surface area (Å²) in [6.45, 7) is 2.08. The van der Waals surface area contributed by atoms with Crippen LogP contribution in [0.5, 0.6) is 0 Å². The van der Waals surface area contributed by atoms with Crippen LogP contribution in [0.4, 0.5) is 0 Å². The second kappa shape index (κ2) is 19.3. The Bertz CT molecular complexity index is 406. The summed E-state index contributed by atoms with van der Waals surface area (Å²) in [7, 11) is -4.67. The zero-order valence-corrected chi connectivity index (χ0v) is 16.9. The molecule has 7 nitrogen and oxygen atoms in total. The van der Waals surface area contributed by atoms with Crippen LogP contribution < -0.4 is 5.73 Å². The van der Waals surface area contributed by atoms with Gasteiger partial charge in [0.1, 0.15) is 0 Å². The van der Waals surface area contributed by atoms with Gasteiger partial charge in [-0.25, -0.2) is 0 Å². The molecule has 0 aromatic rings. The summed E-state index contributed by atoms with van der Waals surface area (Å²) >= 11 is 0. The highest BCUT2D eigenvalue weighted by molar-refractivity contribution is 7.79. The van der Waals surface area contributed by atoms with Crippen LogP contribution >= 0.6 is 0 Å². The summed E-state index contributed by atoms with van der Waals surface area (Å²) in [5.74, 6) is 0. The fourth-order valence-corrected chi connectivity index (χ4v) is 2.41. The van der Waals surface area contributed by atoms with E-state index >= 15 is 0 Å². The smallest absolute Gasteiger partial charge is 0.394 e. The molecule has 0 aromatic carbocycles. The highest BCUT2D eigenvalue weighted by Crippen LogP contribution is 2.12. The van der Waals surface area contributed by atoms with Gasteiger partial charge >= 0.3 is 10.4 Å². The van der Waals surface area contributed by atoms with Crippen LogP contribution in [0.25, 0.3) is 0 Å². The van der Waals surface area contributed by atoms with E-state index in [0.717, 1.165) is 6.42 Å². The Kier molecular flexibility index (Phi) is 20.5. The van der Waals surface area contributed by atoms with Gasteiger partial charge in [-0.3, -0.25) is 9.11 Å². The van der Waals surface area contributed by atoms with Crippen LogP contribution in [0.1, 0.15) is 84.0 Å². The normalized spacial score (nSPS) is 14.1. The molecule has 0 saturated heterocycles. The minimum Gasteiger partial charge on any atom is -0.395 e. The van der Waals surface area contributed by atoms with Crippen molar-refractivity contribution in [3.05, 3.63) is 12.2 Å². The van der Waals surface area contributed by atoms with Crippen LogP contribution in [-0.2, 0) is 10.4 Å². The summed E-state index contributed by atoms with van der Waals surface area (Å²) in [6.07, 6.45) is 18.8. The Morgan fingerprint density at radius 1 is 0.885 bits per heavy atom. The average Bonchev–Trinajstić information content (AvgIpc) is 2.56. The lowest BCUT2D eigenvalue weighted by molar-refractivity contribution is 0.144. The molecule has 0 aliphatic heterocycles. The number of unbranched alkanes of at least 4 members (excludes halogenated alkanes) is 11. The number of hydrogen-bond acceptors (Lipinski definition) is 5. The largest absolute Gasteiger partial charge is 0.395 e. The summed E-state index contributed by atoms with van der Waals surface area (Å²) in [6, 6.07) is -0.557. The number of nitrogens with two attached hydrogens (primary N) is 1. The molecular weight excluding hydrogens is 358 g/mol. The lowest BCUT2D eigenvalue weighted by Gasteiger charge is -2.11. The molecule has 2 atom stereocenters. The third-order valence-electron chi connectivity index (χ3n) is 3.96. The highest BCUT2D eigenvalue weighted by atomic mass is 32.3. The molecule has 26 heavy (non-hydrogen) atoms. The monoisotopic (exact) mass is 397 g/mol. The van der Waals surface area contributed by atoms with Crippen molar-refractivity contribution in [1.82, 2.24) is 0 Å². The predicted molar refractivity (Wildman–Crippen MR) is 105 cm³/mol. The molecule has 0 saturated carbocycles. The van der Waals surface area contributed by atoms with Gasteiger partial charge in [0.2, 0.25) is 0 Å². The van der Waals surface area contributed by atoms with E-state index in [0.29, 0.717) is 0 Å². The molecule has 0 heterocycles. The highest BCUT2D eigenvalue weighted by Gasteiger charge is 2.08. The van der Waals surface area contributed by atoms with Crippen LogP contribution in [0.15, 0.2) is 12.2 Å². The third kappa shape index (κ3) is 28.3. The van der Waals surface area contributed by atoms with E-state index in [1.807, 2.05) is 6.08 Å². The van der Waals surface area contributed by atoms with Gasteiger partial charge in [-0.15, -0.1) is 0 Å². The topological polar surface area (TPSA) is 141 Å². The molecule has 0 fully saturated rings. The molecule has 158 valence electrons. The van der Waals surface area contributed by atoms with Gasteiger partial charge in [0, 0.05) is 0 Å². The first-order valence-corrected chi connectivity index (χ1v) is 11.0. The molecule has 0 aromatic heterocycles. The fraction of sp³-hybridized carbons (Fsp3) is 0.889. The van der Waals surface area contributed by atoms with Gasteiger partial charge in [-0.1, -0.05) is 83.3 Å². The molecule has 0 aliphatic carbocycles. The predicted octanol–water partition coefficient (Wildman–Crippen LogP) is 3.27. The molecule has 0 amide bonds. The fourth-order valence-electron chi connectivity index (χ4n) is 2.41. The average molecular weight is 398 g/mol. The standard InChI is InChI=1S/C18H37NO2.H2O4S/c1-2-3-4-5-6-7-8-9-10-11-12-13-14-15-18(21)17(19)16-20;1-5(2,3)4/h14-15,17-18,20-21H,2-13,16,19H2,1H3;(H2,1,2,3,4)/b15-14+;/t17-,18+;/m0./s1. The zero-order chi connectivity index (χ0) is 20.3. The first kappa shape index (κ1) is 27.7. The lowest BCUT2D eigenvalue weighted by Crippen LogP contribution is -2.36. The van der Waals surface area contributed by atoms with E-state index in [1.54, 1.807) is 6.08 Å². The van der Waals surface area contributed by atoms with Crippen molar-refractivity contribution in [2.45, 2.75) is 96.1 Å². The van der Waals surface area contributed by atoms with Gasteiger partial charge in [-0.05, 0) is 12.8 Å². The number of hydrogen-bond donors (Lipinski definition) is 5. The van der Waals surface area contributed by atoms with Crippen molar-refractivity contribution in [3.63, 3.8) is 0 Å². The van der Waals surface area contributed by atoms with Crippen LogP contribution in [0.3, 0.4) is 0 Å². The minimum absolute atomic E-state index is 0.177. The maximum Gasteiger partial charge on any atom is 0.394 e. The quantitative estimate of drug-likeness (QED) is 0.162. The second-order valence-electron chi connectivity index (χ2n) is 6.54. The first-order chi connectivity index (χ1) is 12.2. The van der Waals surface area contributed by atoms with Crippen LogP contribution in [0, 0.1) is 0 Å². The second-order valence-corrected chi connectivity index (χ2v) is 7.43. The van der Waals surface area contributed by atoms with E-state index in [-0.39, 0.29) is 6.61 Å². The summed E-state index contributed by atoms with van der Waals surface area (Å²) in [5.41, 5.74) is 5.51. The number of allylic oxidation sites excluding steroid dienone is 1. The summed E-state index contributed by atoms with van der Waals surface area (Å²) < 4.78 is 31.6. The van der Waals surface area contributed by atoms with Gasteiger partial charge < -0.3 is 15.9 Å². The maximum absolute atomic E-state index is 9.52. The molecule has 8 heteroatoms. The van der Waals surface area contributed by atoms with Crippen molar-refractivity contribution in [3.8, 4) is 0 Å². The van der Waals surface area contributed by atoms with Crippen molar-refractivity contribution in [2.24, 2.45) is 5.73 Å². The Balaban J connectivity index is 0. The van der Waals surface area contributed by atoms with Crippen LogP contribution in [0.2, 0.25) is 0 Å². The molecule has 0 bridgehead atoms. The SMILES string of the molecule is CCCCCCCCCCCCC/C=C/[C@@H](O)[C@@H](N)CO.O=S(=O)(O)O. The Labute approximate surface area is 159 Å². The molecular formula is C18H39NO6S. The molecule has 0 unspecified atom stereocenters. The van der Waals surface area contributed by atoms with E-state index in [2.05, 4.69) is 6.92 Å². The van der Waals surface area contributed by atoms with Crippen molar-refractivity contribution in [2.75, 3.05) is 6.61 Å². The molecule has 0 aliphatic rings. The number of aliphatic hydroxyl groups is 2. The Morgan fingerprint density at radius 2 is 1.27 bits per heavy atom. The summed E-state index contributed by atoms with van der Waals surface area (Å²) in [4.78, 5) is 0. The van der Waals surface area contributed by atoms with Gasteiger partial charge in [0.05, 0.1) is 18.8 Å². The van der Waals surface area contributed by atoms with Crippen LogP contribution in [-0.4, -0.2) is 46.5 Å². The summed E-state index contributed by atoms with van der Waals surface area (Å²) in [5, 5.41) is 18.3. The third-order valence-corrected chi connectivity index (χ3v) is 3.96. The minimum atomic E-state index is -4.67. The van der Waals surface area contributed by atoms with Gasteiger partial charge in [0.15, 0.2) is 0 Å². The van der Waals surface area contributed by atoms with Crippen molar-refractivity contribution >= 4 is 10.4 Å². The lowest BCUT2D eigenvalue weighted by atomic mass is 10.0. The zero-order valence-electron chi connectivity index (χ0n) is 16.1. The number of rotatable bonds is 15. The Morgan fingerprint density at radius 3 is 1.65 bits per heavy atom. The molecule has 0 rings (SSSR count). The molecule has 6 N–H and O–H groups in total. The van der Waals surface area contributed by atoms with E-state index in [4.69, 9.17) is 28.4 Å². The van der Waals surface area contributed by atoms with E-state index in [1.165, 1.54) is 70.6 Å². The van der Waals surface area contributed by atoms with E-state index in [9.17, 15) is 5.11 Å². The van der Waals surface area contributed by atoms with Gasteiger partial charge in [0.25, 0.3) is 0 Å². The maximum atomic E-state index is 9.52. The van der Waals surface area contributed by atoms with E-state index < -0.39 is 22.5 Å². The molecule has 0 radical (unpaired) electrons. The number of aliphatic hydroxyl groups excluding tert-OH is 2. The first-order valence-electron chi connectivity index (χ1n) is 9.63. The Hall–Kier alpha value is -0.510. The van der Waals surface area contributed by atoms with Crippen molar-refractivity contribution < 1.29 is 27.7 Å².